The van der Waals surface area contributed by atoms with Gasteiger partial charge in [0.2, 0.25) is 5.91 Å². The van der Waals surface area contributed by atoms with Crippen molar-refractivity contribution in [1.29, 1.82) is 0 Å². The Labute approximate surface area is 153 Å². The van der Waals surface area contributed by atoms with Gasteiger partial charge in [-0.05, 0) is 62.7 Å². The molecule has 0 aliphatic heterocycles. The number of nitrogens with one attached hydrogen (secondary N) is 1. The highest BCUT2D eigenvalue weighted by Gasteiger charge is 2.14. The van der Waals surface area contributed by atoms with Gasteiger partial charge in [-0.3, -0.25) is 4.79 Å². The Hall–Kier alpha value is -2.14. The molecule has 0 aromatic heterocycles. The largest absolute Gasteiger partial charge is 0.497 e. The second kappa shape index (κ2) is 9.37. The third-order valence-electron chi connectivity index (χ3n) is 3.50. The monoisotopic (exact) mass is 359 g/mol. The lowest BCUT2D eigenvalue weighted by atomic mass is 10.2. The Kier molecular flexibility index (Phi) is 7.19. The highest BCUT2D eigenvalue weighted by Crippen LogP contribution is 2.25. The molecule has 5 heteroatoms. The number of carbonyl (C=O) groups excluding carboxylic acids is 1. The lowest BCUT2D eigenvalue weighted by molar-refractivity contribution is -0.120. The molecule has 1 N–H and O–H groups in total. The maximum absolute atomic E-state index is 12.3. The molecule has 1 atom stereocenters. The van der Waals surface area contributed by atoms with Gasteiger partial charge in [-0.1, -0.05) is 12.1 Å². The third kappa shape index (κ3) is 6.35. The fraction of sp³-hybridized carbons (Fsp3) is 0.350. The van der Waals surface area contributed by atoms with Crippen LogP contribution in [0.15, 0.2) is 53.4 Å². The molecule has 134 valence electrons. The van der Waals surface area contributed by atoms with E-state index in [2.05, 4.69) is 5.32 Å². The molecule has 0 radical (unpaired) electrons. The lowest BCUT2D eigenvalue weighted by Gasteiger charge is -2.13. The molecule has 0 fully saturated rings. The third-order valence-corrected chi connectivity index (χ3v) is 4.62. The first-order chi connectivity index (χ1) is 12.0. The molecule has 0 aliphatic rings. The molecule has 2 aromatic carbocycles. The van der Waals surface area contributed by atoms with Gasteiger partial charge in [0.05, 0.1) is 18.5 Å². The molecule has 1 unspecified atom stereocenters. The van der Waals surface area contributed by atoms with Gasteiger partial charge < -0.3 is 14.8 Å². The zero-order valence-electron chi connectivity index (χ0n) is 15.1. The van der Waals surface area contributed by atoms with E-state index in [1.54, 1.807) is 7.11 Å². The average Bonchev–Trinajstić information content (AvgIpc) is 2.61. The number of rotatable bonds is 8. The minimum atomic E-state index is -0.169. The first-order valence-electron chi connectivity index (χ1n) is 8.32. The quantitative estimate of drug-likeness (QED) is 0.715. The molecule has 4 nitrogen and oxygen atoms in total. The Morgan fingerprint density at radius 2 is 1.60 bits per heavy atom. The zero-order chi connectivity index (χ0) is 18.2. The summed E-state index contributed by atoms with van der Waals surface area (Å²) >= 11 is 1.53. The van der Waals surface area contributed by atoms with Crippen molar-refractivity contribution in [2.24, 2.45) is 0 Å². The SMILES string of the molecule is COc1ccc(SC(C)C(=O)NCc2ccc(OC(C)C)cc2)cc1. The van der Waals surface area contributed by atoms with E-state index in [1.807, 2.05) is 69.3 Å². The van der Waals surface area contributed by atoms with Crippen molar-refractivity contribution in [2.75, 3.05) is 7.11 Å². The van der Waals surface area contributed by atoms with Crippen LogP contribution in [0.1, 0.15) is 26.3 Å². The van der Waals surface area contributed by atoms with Crippen molar-refractivity contribution in [3.8, 4) is 11.5 Å². The van der Waals surface area contributed by atoms with Gasteiger partial charge in [0.15, 0.2) is 0 Å². The second-order valence-electron chi connectivity index (χ2n) is 5.96. The molecule has 0 bridgehead atoms. The first kappa shape index (κ1) is 19.2. The van der Waals surface area contributed by atoms with E-state index in [9.17, 15) is 4.79 Å². The molecule has 0 aliphatic carbocycles. The second-order valence-corrected chi connectivity index (χ2v) is 7.38. The number of ether oxygens (including phenoxy) is 2. The number of benzene rings is 2. The Bertz CT molecular complexity index is 668. The maximum atomic E-state index is 12.3. The molecule has 25 heavy (non-hydrogen) atoms. The Balaban J connectivity index is 1.82. The van der Waals surface area contributed by atoms with Crippen LogP contribution in [0, 0.1) is 0 Å². The number of carbonyl (C=O) groups is 1. The van der Waals surface area contributed by atoms with Crippen LogP contribution in [-0.4, -0.2) is 24.4 Å². The maximum Gasteiger partial charge on any atom is 0.233 e. The summed E-state index contributed by atoms with van der Waals surface area (Å²) in [5, 5.41) is 2.81. The van der Waals surface area contributed by atoms with Crippen LogP contribution in [0.3, 0.4) is 0 Å². The molecular weight excluding hydrogens is 334 g/mol. The van der Waals surface area contributed by atoms with Crippen molar-refractivity contribution >= 4 is 17.7 Å². The minimum Gasteiger partial charge on any atom is -0.497 e. The summed E-state index contributed by atoms with van der Waals surface area (Å²) in [6, 6.07) is 15.5. The fourth-order valence-corrected chi connectivity index (χ4v) is 3.09. The van der Waals surface area contributed by atoms with Crippen molar-refractivity contribution in [3.63, 3.8) is 0 Å². The molecule has 0 saturated carbocycles. The molecular formula is C20H25NO3S. The Morgan fingerprint density at radius 1 is 1.00 bits per heavy atom. The van der Waals surface area contributed by atoms with E-state index in [4.69, 9.17) is 9.47 Å². The van der Waals surface area contributed by atoms with Gasteiger partial charge in [-0.15, -0.1) is 11.8 Å². The molecule has 1 amide bonds. The number of amides is 1. The van der Waals surface area contributed by atoms with Crippen molar-refractivity contribution in [1.82, 2.24) is 5.32 Å². The number of hydrogen-bond acceptors (Lipinski definition) is 4. The van der Waals surface area contributed by atoms with E-state index >= 15 is 0 Å². The van der Waals surface area contributed by atoms with Gasteiger partial charge >= 0.3 is 0 Å². The van der Waals surface area contributed by atoms with Gasteiger partial charge in [0.1, 0.15) is 11.5 Å². The van der Waals surface area contributed by atoms with Crippen molar-refractivity contribution in [2.45, 2.75) is 43.6 Å². The van der Waals surface area contributed by atoms with Crippen molar-refractivity contribution < 1.29 is 14.3 Å². The molecule has 2 rings (SSSR count). The van der Waals surface area contributed by atoms with Gasteiger partial charge in [-0.2, -0.15) is 0 Å². The summed E-state index contributed by atoms with van der Waals surface area (Å²) in [5.74, 6) is 1.67. The molecule has 0 heterocycles. The van der Waals surface area contributed by atoms with Crippen LogP contribution in [0.4, 0.5) is 0 Å². The zero-order valence-corrected chi connectivity index (χ0v) is 15.9. The average molecular weight is 359 g/mol. The van der Waals surface area contributed by atoms with E-state index in [-0.39, 0.29) is 17.3 Å². The highest BCUT2D eigenvalue weighted by molar-refractivity contribution is 8.00. The summed E-state index contributed by atoms with van der Waals surface area (Å²) in [7, 11) is 1.64. The van der Waals surface area contributed by atoms with E-state index < -0.39 is 0 Å². The van der Waals surface area contributed by atoms with Crippen LogP contribution in [0.5, 0.6) is 11.5 Å². The van der Waals surface area contributed by atoms with E-state index in [0.29, 0.717) is 6.54 Å². The smallest absolute Gasteiger partial charge is 0.233 e. The van der Waals surface area contributed by atoms with Crippen LogP contribution in [-0.2, 0) is 11.3 Å². The standard InChI is InChI=1S/C20H25NO3S/c1-14(2)24-18-7-5-16(6-8-18)13-21-20(22)15(3)25-19-11-9-17(23-4)10-12-19/h5-12,14-15H,13H2,1-4H3,(H,21,22). The van der Waals surface area contributed by atoms with E-state index in [0.717, 1.165) is 22.0 Å². The van der Waals surface area contributed by atoms with Crippen molar-refractivity contribution in [3.05, 3.63) is 54.1 Å². The summed E-state index contributed by atoms with van der Waals surface area (Å²) in [4.78, 5) is 13.3. The summed E-state index contributed by atoms with van der Waals surface area (Å²) in [6.07, 6.45) is 0.154. The predicted molar refractivity (Wildman–Crippen MR) is 102 cm³/mol. The van der Waals surface area contributed by atoms with Crippen LogP contribution in [0.25, 0.3) is 0 Å². The van der Waals surface area contributed by atoms with Crippen LogP contribution in [0.2, 0.25) is 0 Å². The fourth-order valence-electron chi connectivity index (χ4n) is 2.20. The number of hydrogen-bond donors (Lipinski definition) is 1. The summed E-state index contributed by atoms with van der Waals surface area (Å²) in [5.41, 5.74) is 1.05. The Morgan fingerprint density at radius 3 is 2.16 bits per heavy atom. The van der Waals surface area contributed by atoms with Gasteiger partial charge in [-0.25, -0.2) is 0 Å². The van der Waals surface area contributed by atoms with Crippen LogP contribution >= 0.6 is 11.8 Å². The molecule has 0 saturated heterocycles. The normalized spacial score (nSPS) is 11.9. The predicted octanol–water partition coefficient (Wildman–Crippen LogP) is 4.28. The van der Waals surface area contributed by atoms with E-state index in [1.165, 1.54) is 11.8 Å². The summed E-state index contributed by atoms with van der Waals surface area (Å²) in [6.45, 7) is 6.41. The summed E-state index contributed by atoms with van der Waals surface area (Å²) < 4.78 is 10.8. The number of thioether (sulfide) groups is 1. The first-order valence-corrected chi connectivity index (χ1v) is 9.20. The lowest BCUT2D eigenvalue weighted by Crippen LogP contribution is -2.30. The number of methoxy groups -OCH3 is 1. The molecule has 2 aromatic rings. The van der Waals surface area contributed by atoms with Gasteiger partial charge in [0.25, 0.3) is 0 Å². The van der Waals surface area contributed by atoms with Gasteiger partial charge in [0, 0.05) is 11.4 Å². The topological polar surface area (TPSA) is 47.6 Å². The molecule has 0 spiro atoms. The van der Waals surface area contributed by atoms with Crippen LogP contribution < -0.4 is 14.8 Å². The minimum absolute atomic E-state index is 0.0170. The highest BCUT2D eigenvalue weighted by atomic mass is 32.2.